The molecule has 0 amide bonds. The number of benzene rings is 3. The number of anilines is 1. The first-order valence-corrected chi connectivity index (χ1v) is 9.50. The monoisotopic (exact) mass is 436 g/mol. The molecule has 3 aromatic carbocycles. The van der Waals surface area contributed by atoms with Crippen molar-refractivity contribution in [2.45, 2.75) is 12.8 Å². The maximum absolute atomic E-state index is 11.4. The number of nitrogens with one attached hydrogen (secondary N) is 1. The van der Waals surface area contributed by atoms with E-state index in [9.17, 15) is 25.3 Å². The van der Waals surface area contributed by atoms with E-state index in [1.165, 1.54) is 18.2 Å². The zero-order valence-electron chi connectivity index (χ0n) is 17.3. The quantitative estimate of drug-likeness (QED) is 0.292. The summed E-state index contributed by atoms with van der Waals surface area (Å²) in [5.41, 5.74) is 3.98. The van der Waals surface area contributed by atoms with Crippen LogP contribution in [0.3, 0.4) is 0 Å². The van der Waals surface area contributed by atoms with Gasteiger partial charge in [-0.15, -0.1) is 0 Å². The predicted octanol–water partition coefficient (Wildman–Crippen LogP) is 4.84. The van der Waals surface area contributed by atoms with Crippen molar-refractivity contribution < 1.29 is 19.7 Å². The van der Waals surface area contributed by atoms with Gasteiger partial charge in [-0.25, -0.2) is 0 Å². The minimum atomic E-state index is -0.710. The van der Waals surface area contributed by atoms with Gasteiger partial charge in [-0.3, -0.25) is 25.7 Å². The molecule has 0 radical (unpaired) electrons. The highest BCUT2D eigenvalue weighted by Gasteiger charge is 2.21. The Morgan fingerprint density at radius 1 is 1.00 bits per heavy atom. The van der Waals surface area contributed by atoms with E-state index in [1.54, 1.807) is 19.2 Å². The molecule has 1 unspecified atom stereocenters. The van der Waals surface area contributed by atoms with Crippen molar-refractivity contribution in [2.75, 3.05) is 12.5 Å². The van der Waals surface area contributed by atoms with Crippen LogP contribution in [0.15, 0.2) is 71.8 Å². The second kappa shape index (κ2) is 9.56. The topological polar surface area (TPSA) is 140 Å². The molecule has 0 aliphatic rings. The molecule has 0 aromatic heterocycles. The Balaban J connectivity index is 2.02. The highest BCUT2D eigenvalue weighted by atomic mass is 16.6. The molecule has 3 aromatic rings. The van der Waals surface area contributed by atoms with Crippen LogP contribution in [0.2, 0.25) is 0 Å². The number of nitro groups is 2. The highest BCUT2D eigenvalue weighted by Crippen LogP contribution is 2.30. The van der Waals surface area contributed by atoms with Gasteiger partial charge in [0.1, 0.15) is 17.2 Å². The van der Waals surface area contributed by atoms with E-state index >= 15 is 0 Å². The molecular weight excluding hydrogens is 416 g/mol. The number of hydrogen-bond acceptors (Lipinski definition) is 8. The second-order valence-corrected chi connectivity index (χ2v) is 6.87. The van der Waals surface area contributed by atoms with E-state index in [0.717, 1.165) is 17.7 Å². The van der Waals surface area contributed by atoms with Gasteiger partial charge in [-0.2, -0.15) is 5.10 Å². The van der Waals surface area contributed by atoms with Crippen molar-refractivity contribution in [3.8, 4) is 11.5 Å². The van der Waals surface area contributed by atoms with Gasteiger partial charge in [-0.05, 0) is 53.6 Å². The molecule has 164 valence electrons. The molecule has 10 nitrogen and oxygen atoms in total. The fourth-order valence-corrected chi connectivity index (χ4v) is 3.09. The molecule has 0 aliphatic heterocycles. The molecule has 2 N–H and O–H groups in total. The number of nitrogens with zero attached hydrogens (tertiary/aromatic N) is 3. The zero-order valence-corrected chi connectivity index (χ0v) is 17.3. The van der Waals surface area contributed by atoms with E-state index in [-0.39, 0.29) is 17.4 Å². The van der Waals surface area contributed by atoms with Crippen molar-refractivity contribution in [1.29, 1.82) is 0 Å². The molecule has 0 bridgehead atoms. The summed E-state index contributed by atoms with van der Waals surface area (Å²) in [5, 5.41) is 36.4. The van der Waals surface area contributed by atoms with Crippen molar-refractivity contribution in [2.24, 2.45) is 5.10 Å². The largest absolute Gasteiger partial charge is 0.508 e. The number of hydrogen-bond donors (Lipinski definition) is 2. The zero-order chi connectivity index (χ0) is 23.3. The summed E-state index contributed by atoms with van der Waals surface area (Å²) in [7, 11) is 1.57. The van der Waals surface area contributed by atoms with Gasteiger partial charge in [0, 0.05) is 12.0 Å². The van der Waals surface area contributed by atoms with E-state index in [1.807, 2.05) is 31.2 Å². The van der Waals surface area contributed by atoms with Gasteiger partial charge in [0.15, 0.2) is 0 Å². The molecular formula is C22H20N4O6. The summed E-state index contributed by atoms with van der Waals surface area (Å²) >= 11 is 0. The normalized spacial score (nSPS) is 12.1. The Morgan fingerprint density at radius 3 is 2.22 bits per heavy atom. The lowest BCUT2D eigenvalue weighted by Crippen LogP contribution is -2.13. The third-order valence-electron chi connectivity index (χ3n) is 4.87. The lowest BCUT2D eigenvalue weighted by atomic mass is 9.91. The molecule has 0 saturated heterocycles. The molecule has 0 aliphatic carbocycles. The SMILES string of the molecule is COc1ccc(C(C)/C(=N\Nc2ccc([N+](=O)[O-])cc2[N+](=O)[O-])c2ccc(O)cc2)cc1. The number of nitro benzene ring substituents is 2. The van der Waals surface area contributed by atoms with E-state index in [4.69, 9.17) is 4.74 Å². The molecule has 0 fully saturated rings. The highest BCUT2D eigenvalue weighted by molar-refractivity contribution is 6.05. The molecule has 0 saturated carbocycles. The second-order valence-electron chi connectivity index (χ2n) is 6.87. The Morgan fingerprint density at radius 2 is 1.66 bits per heavy atom. The van der Waals surface area contributed by atoms with Crippen LogP contribution in [0.4, 0.5) is 17.1 Å². The van der Waals surface area contributed by atoms with Crippen LogP contribution in [0.5, 0.6) is 11.5 Å². The number of methoxy groups -OCH3 is 1. The molecule has 3 rings (SSSR count). The van der Waals surface area contributed by atoms with Crippen LogP contribution in [-0.2, 0) is 0 Å². The van der Waals surface area contributed by atoms with E-state index < -0.39 is 21.2 Å². The van der Waals surface area contributed by atoms with Crippen LogP contribution in [-0.4, -0.2) is 27.8 Å². The fourth-order valence-electron chi connectivity index (χ4n) is 3.09. The average Bonchev–Trinajstić information content (AvgIpc) is 2.80. The van der Waals surface area contributed by atoms with Crippen molar-refractivity contribution in [3.05, 3.63) is 98.1 Å². The van der Waals surface area contributed by atoms with Crippen LogP contribution >= 0.6 is 0 Å². The van der Waals surface area contributed by atoms with Crippen molar-refractivity contribution >= 4 is 22.8 Å². The van der Waals surface area contributed by atoms with Crippen molar-refractivity contribution in [1.82, 2.24) is 0 Å². The number of phenols is 1. The summed E-state index contributed by atoms with van der Waals surface area (Å²) in [6, 6.07) is 17.1. The molecule has 10 heteroatoms. The van der Waals surface area contributed by atoms with Crippen LogP contribution in [0.25, 0.3) is 0 Å². The Hall–Kier alpha value is -4.47. The summed E-state index contributed by atoms with van der Waals surface area (Å²) in [6.07, 6.45) is 0. The lowest BCUT2D eigenvalue weighted by Gasteiger charge is -2.17. The summed E-state index contributed by atoms with van der Waals surface area (Å²) in [5.74, 6) is 0.544. The van der Waals surface area contributed by atoms with Crippen LogP contribution in [0.1, 0.15) is 24.0 Å². The van der Waals surface area contributed by atoms with Crippen LogP contribution in [0, 0.1) is 20.2 Å². The first kappa shape index (κ1) is 22.2. The fraction of sp³-hybridized carbons (Fsp3) is 0.136. The molecule has 32 heavy (non-hydrogen) atoms. The smallest absolute Gasteiger partial charge is 0.301 e. The lowest BCUT2D eigenvalue weighted by molar-refractivity contribution is -0.393. The number of phenolic OH excluding ortho intramolecular Hbond substituents is 1. The van der Waals surface area contributed by atoms with Gasteiger partial charge < -0.3 is 9.84 Å². The van der Waals surface area contributed by atoms with E-state index in [0.29, 0.717) is 17.0 Å². The molecule has 0 heterocycles. The first-order valence-electron chi connectivity index (χ1n) is 9.50. The minimum absolute atomic E-state index is 0.0128. The Bertz CT molecular complexity index is 1160. The third-order valence-corrected chi connectivity index (χ3v) is 4.87. The number of hydrazone groups is 1. The van der Waals surface area contributed by atoms with Gasteiger partial charge in [0.05, 0.1) is 28.7 Å². The number of rotatable bonds is 8. The van der Waals surface area contributed by atoms with Gasteiger partial charge in [-0.1, -0.05) is 19.1 Å². The molecule has 0 spiro atoms. The van der Waals surface area contributed by atoms with Crippen molar-refractivity contribution in [3.63, 3.8) is 0 Å². The van der Waals surface area contributed by atoms with Gasteiger partial charge in [0.2, 0.25) is 0 Å². The average molecular weight is 436 g/mol. The van der Waals surface area contributed by atoms with E-state index in [2.05, 4.69) is 10.5 Å². The Labute approximate surface area is 183 Å². The van der Waals surface area contributed by atoms with Gasteiger partial charge in [0.25, 0.3) is 5.69 Å². The summed E-state index contributed by atoms with van der Waals surface area (Å²) in [6.45, 7) is 1.92. The first-order chi connectivity index (χ1) is 15.3. The van der Waals surface area contributed by atoms with Gasteiger partial charge >= 0.3 is 5.69 Å². The maximum atomic E-state index is 11.4. The minimum Gasteiger partial charge on any atom is -0.508 e. The number of aromatic hydroxyl groups is 1. The predicted molar refractivity (Wildman–Crippen MR) is 119 cm³/mol. The van der Waals surface area contributed by atoms with Crippen LogP contribution < -0.4 is 10.2 Å². The number of ether oxygens (including phenoxy) is 1. The third kappa shape index (κ3) is 4.98. The maximum Gasteiger partial charge on any atom is 0.301 e. The summed E-state index contributed by atoms with van der Waals surface area (Å²) < 4.78 is 5.19. The number of non-ortho nitro benzene ring substituents is 1. The molecule has 1 atom stereocenters. The summed E-state index contributed by atoms with van der Waals surface area (Å²) in [4.78, 5) is 21.0. The Kier molecular flexibility index (Phi) is 6.64. The standard InChI is InChI=1S/C22H20N4O6/c1-14(15-5-10-19(32-2)11-6-15)22(16-3-8-18(27)9-4-16)24-23-20-12-7-17(25(28)29)13-21(20)26(30)31/h3-14,23,27H,1-2H3/b24-22+.